The summed E-state index contributed by atoms with van der Waals surface area (Å²) in [5, 5.41) is 56.5. The van der Waals surface area contributed by atoms with Gasteiger partial charge in [-0.15, -0.1) is 0 Å². The molecule has 1 amide bonds. The van der Waals surface area contributed by atoms with Gasteiger partial charge in [-0.25, -0.2) is 4.79 Å². The Kier molecular flexibility index (Phi) is 6.92. The molecule has 7 N–H and O–H groups in total. The molecule has 3 aliphatic rings. The number of phenols is 1. The van der Waals surface area contributed by atoms with Gasteiger partial charge in [0.15, 0.2) is 11.4 Å². The molecule has 6 atom stereocenters. The lowest BCUT2D eigenvalue weighted by atomic mass is 9.54. The van der Waals surface area contributed by atoms with Gasteiger partial charge in [-0.3, -0.25) is 19.3 Å². The predicted molar refractivity (Wildman–Crippen MR) is 136 cm³/mol. The van der Waals surface area contributed by atoms with Gasteiger partial charge in [0.1, 0.15) is 22.8 Å². The minimum Gasteiger partial charge on any atom is -0.508 e. The van der Waals surface area contributed by atoms with E-state index in [0.29, 0.717) is 5.56 Å². The molecule has 0 aliphatic heterocycles. The number of ether oxygens (including phenoxy) is 1. The Bertz CT molecular complexity index is 1390. The van der Waals surface area contributed by atoms with E-state index in [4.69, 9.17) is 10.5 Å². The van der Waals surface area contributed by atoms with Crippen LogP contribution in [-0.4, -0.2) is 92.3 Å². The monoisotopic (exact) mass is 542 g/mol. The van der Waals surface area contributed by atoms with E-state index in [1.807, 2.05) is 0 Å². The summed E-state index contributed by atoms with van der Waals surface area (Å²) in [6.45, 7) is 3.39. The van der Waals surface area contributed by atoms with Gasteiger partial charge in [0.2, 0.25) is 5.78 Å². The summed E-state index contributed by atoms with van der Waals surface area (Å²) in [5.74, 6) is -10.3. The number of ketones is 2. The molecule has 208 valence electrons. The van der Waals surface area contributed by atoms with Crippen molar-refractivity contribution in [2.45, 2.75) is 37.5 Å². The van der Waals surface area contributed by atoms with Crippen LogP contribution in [0.15, 0.2) is 35.1 Å². The number of phenolic OH excluding ortho intramolecular Hbond substituents is 1. The van der Waals surface area contributed by atoms with Gasteiger partial charge in [0.25, 0.3) is 5.91 Å². The highest BCUT2D eigenvalue weighted by molar-refractivity contribution is 6.24. The SMILES string of the molecule is CCOC(=O)/C=C/c1ccc2c(c1O)C(O)=C1C(=O)[C@]3(O)C(O)=C(C(N)=O)C(=O)[C@@H](N(C)C)[C@@H]3[C@@H](O)[C@@H]1[C@H]2C. The first-order chi connectivity index (χ1) is 18.2. The Balaban J connectivity index is 1.97. The fraction of sp³-hybridized carbons (Fsp3) is 0.407. The summed E-state index contributed by atoms with van der Waals surface area (Å²) >= 11 is 0. The van der Waals surface area contributed by atoms with Gasteiger partial charge in [0.05, 0.1) is 30.2 Å². The molecule has 12 nitrogen and oxygen atoms in total. The fourth-order valence-corrected chi connectivity index (χ4v) is 6.12. The molecule has 0 radical (unpaired) electrons. The van der Waals surface area contributed by atoms with E-state index in [1.165, 1.54) is 31.1 Å². The topological polar surface area (TPSA) is 208 Å². The maximum Gasteiger partial charge on any atom is 0.330 e. The first-order valence-corrected chi connectivity index (χ1v) is 12.2. The molecule has 3 aliphatic carbocycles. The smallest absolute Gasteiger partial charge is 0.330 e. The molecule has 4 rings (SSSR count). The van der Waals surface area contributed by atoms with Crippen molar-refractivity contribution in [3.05, 3.63) is 51.8 Å². The number of aliphatic hydroxyl groups excluding tert-OH is 3. The Labute approximate surface area is 223 Å². The molecular formula is C27H30N2O10. The number of Topliss-reactive ketones (excluding diaryl/α,β-unsaturated/α-hetero) is 2. The van der Waals surface area contributed by atoms with E-state index in [0.717, 1.165) is 6.08 Å². The molecule has 1 fully saturated rings. The van der Waals surface area contributed by atoms with E-state index in [9.17, 15) is 44.7 Å². The number of likely N-dealkylation sites (N-methyl/N-ethyl adjacent to an activating group) is 1. The molecule has 12 heteroatoms. The number of aliphatic hydroxyl groups is 4. The number of hydrogen-bond acceptors (Lipinski definition) is 11. The van der Waals surface area contributed by atoms with Gasteiger partial charge in [-0.2, -0.15) is 0 Å². The predicted octanol–water partition coefficient (Wildman–Crippen LogP) is 0.0721. The fourth-order valence-electron chi connectivity index (χ4n) is 6.12. The number of fused-ring (bicyclic) bond motifs is 3. The molecule has 1 saturated carbocycles. The molecule has 0 heterocycles. The number of carbonyl (C=O) groups is 4. The lowest BCUT2D eigenvalue weighted by molar-refractivity contribution is -0.169. The summed E-state index contributed by atoms with van der Waals surface area (Å²) in [5.41, 5.74) is 1.13. The summed E-state index contributed by atoms with van der Waals surface area (Å²) in [7, 11) is 2.87. The van der Waals surface area contributed by atoms with Crippen molar-refractivity contribution in [3.8, 4) is 5.75 Å². The number of aromatic hydroxyl groups is 1. The van der Waals surface area contributed by atoms with Crippen molar-refractivity contribution in [1.82, 2.24) is 4.90 Å². The van der Waals surface area contributed by atoms with Crippen molar-refractivity contribution >= 4 is 35.3 Å². The maximum absolute atomic E-state index is 14.0. The van der Waals surface area contributed by atoms with Gasteiger partial charge < -0.3 is 36.0 Å². The van der Waals surface area contributed by atoms with Crippen molar-refractivity contribution in [3.63, 3.8) is 0 Å². The van der Waals surface area contributed by atoms with Crippen molar-refractivity contribution in [2.24, 2.45) is 17.6 Å². The van der Waals surface area contributed by atoms with Crippen LogP contribution in [0.2, 0.25) is 0 Å². The van der Waals surface area contributed by atoms with Crippen LogP contribution in [0, 0.1) is 11.8 Å². The van der Waals surface area contributed by atoms with Crippen LogP contribution in [0.25, 0.3) is 11.8 Å². The molecule has 0 spiro atoms. The third-order valence-electron chi connectivity index (χ3n) is 7.85. The highest BCUT2D eigenvalue weighted by Crippen LogP contribution is 2.56. The standard InChI is InChI=1S/C27H30N2O10/c1-5-39-13(30)9-7-11-6-8-12-10(2)14-16(21(32)15(12)20(11)31)24(35)27(38)18(22(14)33)19(29(3)4)23(34)17(25(27)36)26(28)37/h6-10,14,18-19,22,31-33,36,38H,5H2,1-4H3,(H2,28,37)/b9-7+/t10-,14+,18+,19-,22-,27-/m0/s1. The van der Waals surface area contributed by atoms with Crippen molar-refractivity contribution in [2.75, 3.05) is 20.7 Å². The molecule has 1 aromatic rings. The van der Waals surface area contributed by atoms with Gasteiger partial charge in [0, 0.05) is 23.1 Å². The van der Waals surface area contributed by atoms with E-state index >= 15 is 0 Å². The molecular weight excluding hydrogens is 512 g/mol. The number of nitrogens with two attached hydrogens (primary N) is 1. The lowest BCUT2D eigenvalue weighted by Crippen LogP contribution is -2.70. The average Bonchev–Trinajstić information content (AvgIpc) is 2.85. The zero-order valence-electron chi connectivity index (χ0n) is 21.7. The first-order valence-electron chi connectivity index (χ1n) is 12.2. The molecule has 0 unspecified atom stereocenters. The number of amides is 1. The van der Waals surface area contributed by atoms with E-state index in [1.54, 1.807) is 19.9 Å². The Morgan fingerprint density at radius 3 is 2.38 bits per heavy atom. The number of benzene rings is 1. The summed E-state index contributed by atoms with van der Waals surface area (Å²) < 4.78 is 4.83. The van der Waals surface area contributed by atoms with Crippen LogP contribution in [0.4, 0.5) is 0 Å². The van der Waals surface area contributed by atoms with E-state index in [2.05, 4.69) is 0 Å². The zero-order chi connectivity index (χ0) is 29.1. The largest absolute Gasteiger partial charge is 0.508 e. The number of nitrogens with zero attached hydrogens (tertiary/aromatic N) is 1. The van der Waals surface area contributed by atoms with E-state index in [-0.39, 0.29) is 17.7 Å². The van der Waals surface area contributed by atoms with Crippen LogP contribution < -0.4 is 5.73 Å². The third kappa shape index (κ3) is 3.86. The lowest BCUT2D eigenvalue weighted by Gasteiger charge is -2.53. The molecule has 1 aromatic carbocycles. The van der Waals surface area contributed by atoms with Crippen LogP contribution in [0.3, 0.4) is 0 Å². The maximum atomic E-state index is 14.0. The Morgan fingerprint density at radius 1 is 1.18 bits per heavy atom. The van der Waals surface area contributed by atoms with Crippen LogP contribution in [0.5, 0.6) is 5.75 Å². The summed E-state index contributed by atoms with van der Waals surface area (Å²) in [4.78, 5) is 52.3. The Morgan fingerprint density at radius 2 is 1.82 bits per heavy atom. The first kappa shape index (κ1) is 28.0. The number of hydrogen-bond donors (Lipinski definition) is 6. The van der Waals surface area contributed by atoms with Crippen molar-refractivity contribution in [1.29, 1.82) is 0 Å². The van der Waals surface area contributed by atoms with Gasteiger partial charge >= 0.3 is 5.97 Å². The van der Waals surface area contributed by atoms with Crippen LogP contribution in [-0.2, 0) is 23.9 Å². The molecule has 0 bridgehead atoms. The van der Waals surface area contributed by atoms with Gasteiger partial charge in [-0.05, 0) is 38.6 Å². The molecule has 0 aromatic heterocycles. The number of primary amides is 1. The second-order valence-corrected chi connectivity index (χ2v) is 10.1. The minimum atomic E-state index is -2.99. The van der Waals surface area contributed by atoms with Crippen molar-refractivity contribution < 1.29 is 49.4 Å². The van der Waals surface area contributed by atoms with E-state index < -0.39 is 87.4 Å². The number of rotatable bonds is 5. The third-order valence-corrected chi connectivity index (χ3v) is 7.85. The highest BCUT2D eigenvalue weighted by atomic mass is 16.5. The average molecular weight is 543 g/mol. The highest BCUT2D eigenvalue weighted by Gasteiger charge is 2.68. The minimum absolute atomic E-state index is 0.106. The Hall–Kier alpha value is -4.00. The van der Waals surface area contributed by atoms with Crippen LogP contribution >= 0.6 is 0 Å². The zero-order valence-corrected chi connectivity index (χ0v) is 21.7. The summed E-state index contributed by atoms with van der Waals surface area (Å²) in [6.07, 6.45) is 0.652. The number of esters is 1. The summed E-state index contributed by atoms with van der Waals surface area (Å²) in [6, 6.07) is 1.61. The second kappa shape index (κ2) is 9.63. The number of carbonyl (C=O) groups excluding carboxylic acids is 4. The normalized spacial score (nSPS) is 30.4. The van der Waals surface area contributed by atoms with Crippen LogP contribution in [0.1, 0.15) is 36.5 Å². The quantitative estimate of drug-likeness (QED) is 0.167. The van der Waals surface area contributed by atoms with Gasteiger partial charge in [-0.1, -0.05) is 19.1 Å². The molecule has 39 heavy (non-hydrogen) atoms. The molecule has 0 saturated heterocycles. The second-order valence-electron chi connectivity index (χ2n) is 10.1.